The molecular formula is C63H54ClF3N2O3S. The van der Waals surface area contributed by atoms with Crippen molar-refractivity contribution in [3.8, 4) is 50.3 Å². The lowest BCUT2D eigenvalue weighted by molar-refractivity contribution is -0.0500. The summed E-state index contributed by atoms with van der Waals surface area (Å²) in [6.07, 6.45) is 0. The lowest BCUT2D eigenvalue weighted by Gasteiger charge is -2.35. The Kier molecular flexibility index (Phi) is 13.9. The highest BCUT2D eigenvalue weighted by molar-refractivity contribution is 7.88. The quantitative estimate of drug-likeness (QED) is 0.0902. The molecule has 9 rings (SSSR count). The van der Waals surface area contributed by atoms with Crippen LogP contribution in [-0.2, 0) is 20.9 Å². The molecule has 0 spiro atoms. The van der Waals surface area contributed by atoms with Gasteiger partial charge in [-0.1, -0.05) is 211 Å². The predicted octanol–water partition coefficient (Wildman–Crippen LogP) is 18.8. The highest BCUT2D eigenvalue weighted by Crippen LogP contribution is 2.54. The Labute approximate surface area is 431 Å². The summed E-state index contributed by atoms with van der Waals surface area (Å²) in [5.74, 6) is -0.611. The number of alkyl halides is 3. The fourth-order valence-corrected chi connectivity index (χ4v) is 9.66. The van der Waals surface area contributed by atoms with Crippen LogP contribution in [0.5, 0.6) is 5.75 Å². The molecule has 0 unspecified atom stereocenters. The van der Waals surface area contributed by atoms with Gasteiger partial charge in [-0.15, -0.1) is 0 Å². The Bertz CT molecular complexity index is 3360. The maximum atomic E-state index is 14.6. The summed E-state index contributed by atoms with van der Waals surface area (Å²) in [5, 5.41) is 0.0878. The van der Waals surface area contributed by atoms with Crippen LogP contribution >= 0.6 is 11.6 Å². The average Bonchev–Trinajstić information content (AvgIpc) is 3.38. The third-order valence-electron chi connectivity index (χ3n) is 12.8. The molecule has 0 atom stereocenters. The SMILES string of the molecule is CC(C)(C)c1ccc(N(c2cc(OS(=O)(=O)C(F)(F)F)cc(N(c3cccc(-c4ccccc4)c3)c3cccc(-c4ccccc4)c3)c2Cl)c2c(-c3ccccc3)cc(C(C)(C)C)cc2-c2ccccc2)cc1. The van der Waals surface area contributed by atoms with Crippen molar-refractivity contribution in [3.05, 3.63) is 235 Å². The summed E-state index contributed by atoms with van der Waals surface area (Å²) in [4.78, 5) is 3.75. The number of halogens is 4. The Morgan fingerprint density at radius 2 is 0.795 bits per heavy atom. The van der Waals surface area contributed by atoms with Crippen LogP contribution in [0.25, 0.3) is 44.5 Å². The fourth-order valence-electron chi connectivity index (χ4n) is 8.94. The summed E-state index contributed by atoms with van der Waals surface area (Å²) in [5.41, 5.74) is 5.29. The normalized spacial score (nSPS) is 12.1. The summed E-state index contributed by atoms with van der Waals surface area (Å²) < 4.78 is 75.5. The van der Waals surface area contributed by atoms with Crippen molar-refractivity contribution in [1.82, 2.24) is 0 Å². The van der Waals surface area contributed by atoms with Gasteiger partial charge in [0.1, 0.15) is 5.75 Å². The van der Waals surface area contributed by atoms with Crippen molar-refractivity contribution < 1.29 is 25.8 Å². The number of hydrogen-bond donors (Lipinski definition) is 0. The lowest BCUT2D eigenvalue weighted by atomic mass is 9.82. The molecule has 0 aliphatic rings. The number of rotatable bonds is 12. The minimum absolute atomic E-state index is 0.0878. The van der Waals surface area contributed by atoms with E-state index in [1.165, 1.54) is 12.1 Å². The summed E-state index contributed by atoms with van der Waals surface area (Å²) in [6, 6.07) is 69.6. The van der Waals surface area contributed by atoms with Crippen LogP contribution in [0.3, 0.4) is 0 Å². The van der Waals surface area contributed by atoms with E-state index in [1.54, 1.807) is 0 Å². The van der Waals surface area contributed by atoms with Gasteiger partial charge in [-0.05, 0) is 104 Å². The van der Waals surface area contributed by atoms with Crippen LogP contribution < -0.4 is 14.0 Å². The van der Waals surface area contributed by atoms with E-state index in [0.717, 1.165) is 55.6 Å². The second-order valence-electron chi connectivity index (χ2n) is 20.0. The van der Waals surface area contributed by atoms with Gasteiger partial charge in [0.15, 0.2) is 0 Å². The zero-order chi connectivity index (χ0) is 51.7. The van der Waals surface area contributed by atoms with Gasteiger partial charge in [0.05, 0.1) is 22.1 Å². The summed E-state index contributed by atoms with van der Waals surface area (Å²) >= 11 is 8.04. The van der Waals surface area contributed by atoms with E-state index >= 15 is 0 Å². The first-order valence-electron chi connectivity index (χ1n) is 23.9. The monoisotopic (exact) mass is 1010 g/mol. The molecule has 0 aromatic heterocycles. The van der Waals surface area contributed by atoms with Crippen molar-refractivity contribution in [2.45, 2.75) is 57.9 Å². The van der Waals surface area contributed by atoms with Crippen molar-refractivity contribution in [1.29, 1.82) is 0 Å². The van der Waals surface area contributed by atoms with Gasteiger partial charge < -0.3 is 14.0 Å². The molecule has 9 aromatic carbocycles. The molecule has 368 valence electrons. The van der Waals surface area contributed by atoms with E-state index in [9.17, 15) is 21.6 Å². The molecule has 73 heavy (non-hydrogen) atoms. The number of nitrogens with zero attached hydrogens (tertiary/aromatic N) is 2. The Balaban J connectivity index is 1.43. The van der Waals surface area contributed by atoms with Crippen LogP contribution in [-0.4, -0.2) is 13.9 Å². The van der Waals surface area contributed by atoms with Crippen molar-refractivity contribution in [2.75, 3.05) is 9.80 Å². The predicted molar refractivity (Wildman–Crippen MR) is 296 cm³/mol. The zero-order valence-electron chi connectivity index (χ0n) is 41.3. The van der Waals surface area contributed by atoms with Crippen molar-refractivity contribution >= 4 is 55.8 Å². The molecule has 0 radical (unpaired) electrons. The van der Waals surface area contributed by atoms with E-state index < -0.39 is 21.4 Å². The second-order valence-corrected chi connectivity index (χ2v) is 21.9. The highest BCUT2D eigenvalue weighted by atomic mass is 35.5. The highest BCUT2D eigenvalue weighted by Gasteiger charge is 2.49. The molecule has 9 aromatic rings. The molecule has 0 fully saturated rings. The average molecular weight is 1010 g/mol. The lowest BCUT2D eigenvalue weighted by Crippen LogP contribution is -2.28. The Morgan fingerprint density at radius 3 is 1.19 bits per heavy atom. The molecule has 0 N–H and O–H groups in total. The zero-order valence-corrected chi connectivity index (χ0v) is 42.9. The molecule has 0 heterocycles. The third-order valence-corrected chi connectivity index (χ3v) is 14.1. The van der Waals surface area contributed by atoms with Crippen LogP contribution in [0.1, 0.15) is 52.7 Å². The maximum absolute atomic E-state index is 14.6. The minimum Gasteiger partial charge on any atom is -0.376 e. The molecule has 0 saturated carbocycles. The van der Waals surface area contributed by atoms with Crippen LogP contribution in [0, 0.1) is 0 Å². The van der Waals surface area contributed by atoms with Gasteiger partial charge in [-0.3, -0.25) is 0 Å². The first-order valence-corrected chi connectivity index (χ1v) is 25.7. The van der Waals surface area contributed by atoms with Gasteiger partial charge >= 0.3 is 15.6 Å². The van der Waals surface area contributed by atoms with Gasteiger partial charge in [0.25, 0.3) is 0 Å². The van der Waals surface area contributed by atoms with E-state index in [-0.39, 0.29) is 27.2 Å². The summed E-state index contributed by atoms with van der Waals surface area (Å²) in [7, 11) is -6.22. The van der Waals surface area contributed by atoms with Crippen LogP contribution in [0.4, 0.5) is 47.3 Å². The Hall–Kier alpha value is -7.59. The van der Waals surface area contributed by atoms with Crippen molar-refractivity contribution in [2.24, 2.45) is 0 Å². The van der Waals surface area contributed by atoms with Gasteiger partial charge in [0, 0.05) is 40.3 Å². The van der Waals surface area contributed by atoms with E-state index in [0.29, 0.717) is 22.7 Å². The topological polar surface area (TPSA) is 49.9 Å². The van der Waals surface area contributed by atoms with Gasteiger partial charge in [-0.25, -0.2) is 0 Å². The van der Waals surface area contributed by atoms with Crippen LogP contribution in [0.15, 0.2) is 218 Å². The first kappa shape index (κ1) is 50.4. The molecule has 0 aliphatic carbocycles. The number of hydrogen-bond acceptors (Lipinski definition) is 5. The maximum Gasteiger partial charge on any atom is 0.534 e. The van der Waals surface area contributed by atoms with Crippen molar-refractivity contribution in [3.63, 3.8) is 0 Å². The second kappa shape index (κ2) is 20.1. The first-order chi connectivity index (χ1) is 34.8. The van der Waals surface area contributed by atoms with Gasteiger partial charge in [0.2, 0.25) is 0 Å². The van der Waals surface area contributed by atoms with Crippen LogP contribution in [0.2, 0.25) is 5.02 Å². The molecular weight excluding hydrogens is 957 g/mol. The van der Waals surface area contributed by atoms with E-state index in [2.05, 4.69) is 53.7 Å². The largest absolute Gasteiger partial charge is 0.534 e. The van der Waals surface area contributed by atoms with Gasteiger partial charge in [-0.2, -0.15) is 21.6 Å². The molecule has 0 amide bonds. The third kappa shape index (κ3) is 10.8. The fraction of sp³-hybridized carbons (Fsp3) is 0.143. The number of benzene rings is 9. The molecule has 10 heteroatoms. The summed E-state index contributed by atoms with van der Waals surface area (Å²) in [6.45, 7) is 12.8. The molecule has 5 nitrogen and oxygen atoms in total. The Morgan fingerprint density at radius 1 is 0.411 bits per heavy atom. The standard InChI is InChI=1S/C63H54ClF3N2O3S/c1-61(2,3)49-33-35-51(36-34-49)69(60-55(45-25-15-9-16-26-45)39-50(62(4,5)6)40-56(60)46-27-17-10-18-28-46)58-42-54(72-73(70,71)63(65,66)67)41-57(59(58)64)68(52-31-19-29-47(37-52)43-21-11-7-12-22-43)53-32-20-30-48(38-53)44-23-13-8-14-24-44/h7-42H,1-6H3. The minimum atomic E-state index is -6.22. The molecule has 0 bridgehead atoms. The van der Waals surface area contributed by atoms with E-state index in [4.69, 9.17) is 15.8 Å². The molecule has 0 aliphatic heterocycles. The molecule has 0 saturated heterocycles. The smallest absolute Gasteiger partial charge is 0.376 e. The number of anilines is 6. The van der Waals surface area contributed by atoms with E-state index in [1.807, 2.05) is 204 Å².